The summed E-state index contributed by atoms with van der Waals surface area (Å²) in [6, 6.07) is 10.3. The molecule has 0 bridgehead atoms. The van der Waals surface area contributed by atoms with Crippen molar-refractivity contribution in [1.82, 2.24) is 20.9 Å². The van der Waals surface area contributed by atoms with Crippen molar-refractivity contribution in [1.29, 1.82) is 0 Å². The maximum atomic E-state index is 12.1. The number of nitrogens with zero attached hydrogens (tertiary/aromatic N) is 2. The summed E-state index contributed by atoms with van der Waals surface area (Å²) < 4.78 is 5.34. The second kappa shape index (κ2) is 10.3. The van der Waals surface area contributed by atoms with E-state index in [1.807, 2.05) is 53.8 Å². The lowest BCUT2D eigenvalue weighted by Crippen LogP contribution is -2.49. The molecule has 0 saturated heterocycles. The summed E-state index contributed by atoms with van der Waals surface area (Å²) in [5, 5.41) is 10.6. The van der Waals surface area contributed by atoms with Gasteiger partial charge in [-0.25, -0.2) is 4.79 Å². The van der Waals surface area contributed by atoms with E-state index < -0.39 is 17.2 Å². The highest BCUT2D eigenvalue weighted by Gasteiger charge is 2.24. The third-order valence-corrected chi connectivity index (χ3v) is 4.22. The Kier molecular flexibility index (Phi) is 8.03. The van der Waals surface area contributed by atoms with E-state index >= 15 is 0 Å². The van der Waals surface area contributed by atoms with E-state index in [-0.39, 0.29) is 0 Å². The minimum Gasteiger partial charge on any atom is -0.444 e. The zero-order valence-corrected chi connectivity index (χ0v) is 19.0. The van der Waals surface area contributed by atoms with E-state index in [9.17, 15) is 4.79 Å². The van der Waals surface area contributed by atoms with Gasteiger partial charge in [0.05, 0.1) is 17.6 Å². The Bertz CT molecular complexity index is 866. The quantitative estimate of drug-likeness (QED) is 0.476. The molecule has 2 aromatic rings. The second-order valence-electron chi connectivity index (χ2n) is 8.87. The molecule has 0 unspecified atom stereocenters. The molecule has 7 heteroatoms. The highest BCUT2D eigenvalue weighted by Crippen LogP contribution is 2.16. The lowest BCUT2D eigenvalue weighted by molar-refractivity contribution is 0.0476. The predicted molar refractivity (Wildman–Crippen MR) is 123 cm³/mol. The Morgan fingerprint density at radius 1 is 1.10 bits per heavy atom. The number of carbonyl (C=O) groups excluding carboxylic acids is 1. The number of carbonyl (C=O) groups is 1. The summed E-state index contributed by atoms with van der Waals surface area (Å²) >= 11 is 0. The Morgan fingerprint density at radius 3 is 2.53 bits per heavy atom. The summed E-state index contributed by atoms with van der Waals surface area (Å²) in [7, 11) is 0. The van der Waals surface area contributed by atoms with Crippen LogP contribution in [0.4, 0.5) is 4.79 Å². The largest absolute Gasteiger partial charge is 0.444 e. The SMILES string of the molecule is CCNC(=NCC(C)(C)NC(=O)OC(C)(C)C)NCCc1cccc2cccnc12. The van der Waals surface area contributed by atoms with Gasteiger partial charge in [0.15, 0.2) is 5.96 Å². The van der Waals surface area contributed by atoms with Crippen LogP contribution in [0.2, 0.25) is 0 Å². The number of amides is 1. The molecule has 2 rings (SSSR count). The first kappa shape index (κ1) is 23.4. The lowest BCUT2D eigenvalue weighted by atomic mass is 10.1. The van der Waals surface area contributed by atoms with Crippen LogP contribution in [0.1, 0.15) is 47.1 Å². The van der Waals surface area contributed by atoms with Crippen molar-refractivity contribution in [3.05, 3.63) is 42.1 Å². The molecule has 0 radical (unpaired) electrons. The first-order valence-electron chi connectivity index (χ1n) is 10.5. The highest BCUT2D eigenvalue weighted by atomic mass is 16.6. The molecule has 0 spiro atoms. The molecule has 0 aliphatic carbocycles. The van der Waals surface area contributed by atoms with E-state index in [1.54, 1.807) is 0 Å². The molecule has 0 fully saturated rings. The van der Waals surface area contributed by atoms with Gasteiger partial charge in [-0.2, -0.15) is 0 Å². The van der Waals surface area contributed by atoms with Gasteiger partial charge in [0.25, 0.3) is 0 Å². The Balaban J connectivity index is 1.94. The van der Waals surface area contributed by atoms with Crippen molar-refractivity contribution in [2.45, 2.75) is 59.1 Å². The normalized spacial score (nSPS) is 12.5. The topological polar surface area (TPSA) is 87.6 Å². The number of guanidine groups is 1. The zero-order chi connectivity index (χ0) is 22.2. The molecule has 0 saturated carbocycles. The molecule has 1 aromatic heterocycles. The molecule has 164 valence electrons. The van der Waals surface area contributed by atoms with Crippen molar-refractivity contribution >= 4 is 23.0 Å². The van der Waals surface area contributed by atoms with Gasteiger partial charge in [0.1, 0.15) is 5.60 Å². The number of aromatic nitrogens is 1. The van der Waals surface area contributed by atoms with Gasteiger partial charge in [0.2, 0.25) is 0 Å². The number of pyridine rings is 1. The molecule has 1 amide bonds. The number of rotatable bonds is 7. The fraction of sp³-hybridized carbons (Fsp3) is 0.522. The van der Waals surface area contributed by atoms with E-state index in [4.69, 9.17) is 4.74 Å². The van der Waals surface area contributed by atoms with Crippen LogP contribution in [-0.2, 0) is 11.2 Å². The third kappa shape index (κ3) is 7.89. The summed E-state index contributed by atoms with van der Waals surface area (Å²) in [6.45, 7) is 13.3. The maximum Gasteiger partial charge on any atom is 0.408 e. The van der Waals surface area contributed by atoms with Gasteiger partial charge in [-0.1, -0.05) is 24.3 Å². The monoisotopic (exact) mass is 413 g/mol. The molecule has 1 heterocycles. The van der Waals surface area contributed by atoms with E-state index in [1.165, 1.54) is 5.56 Å². The fourth-order valence-corrected chi connectivity index (χ4v) is 2.92. The average Bonchev–Trinajstić information content (AvgIpc) is 2.64. The van der Waals surface area contributed by atoms with Gasteiger partial charge in [0, 0.05) is 24.7 Å². The number of para-hydroxylation sites is 1. The van der Waals surface area contributed by atoms with Gasteiger partial charge < -0.3 is 20.7 Å². The van der Waals surface area contributed by atoms with Crippen molar-refractivity contribution < 1.29 is 9.53 Å². The maximum absolute atomic E-state index is 12.1. The van der Waals surface area contributed by atoms with E-state index in [0.717, 1.165) is 30.4 Å². The molecular weight excluding hydrogens is 378 g/mol. The Morgan fingerprint density at radius 2 is 1.83 bits per heavy atom. The van der Waals surface area contributed by atoms with Crippen molar-refractivity contribution in [3.8, 4) is 0 Å². The zero-order valence-electron chi connectivity index (χ0n) is 19.0. The average molecular weight is 414 g/mol. The van der Waals surface area contributed by atoms with Gasteiger partial charge in [-0.05, 0) is 59.6 Å². The van der Waals surface area contributed by atoms with Crippen LogP contribution in [0.15, 0.2) is 41.5 Å². The van der Waals surface area contributed by atoms with E-state index in [0.29, 0.717) is 12.5 Å². The second-order valence-corrected chi connectivity index (χ2v) is 8.87. The summed E-state index contributed by atoms with van der Waals surface area (Å²) in [5.41, 5.74) is 1.16. The molecule has 30 heavy (non-hydrogen) atoms. The van der Waals surface area contributed by atoms with Gasteiger partial charge in [-0.15, -0.1) is 0 Å². The number of hydrogen-bond acceptors (Lipinski definition) is 4. The molecule has 0 aliphatic rings. The van der Waals surface area contributed by atoms with Gasteiger partial charge >= 0.3 is 6.09 Å². The summed E-state index contributed by atoms with van der Waals surface area (Å²) in [5.74, 6) is 0.713. The number of fused-ring (bicyclic) bond motifs is 1. The molecular formula is C23H35N5O2. The number of alkyl carbamates (subject to hydrolysis) is 1. The smallest absolute Gasteiger partial charge is 0.408 e. The molecule has 0 aliphatic heterocycles. The first-order valence-corrected chi connectivity index (χ1v) is 10.5. The molecule has 1 aromatic carbocycles. The summed E-state index contributed by atoms with van der Waals surface area (Å²) in [6.07, 6.45) is 2.21. The fourth-order valence-electron chi connectivity index (χ4n) is 2.92. The standard InChI is InChI=1S/C23H35N5O2/c1-7-24-20(27-16-23(5,6)28-21(29)30-22(2,3)4)26-15-13-18-11-8-10-17-12-9-14-25-19(17)18/h8-12,14H,7,13,15-16H2,1-6H3,(H,28,29)(H2,24,26,27). The number of hydrogen-bond donors (Lipinski definition) is 3. The lowest BCUT2D eigenvalue weighted by Gasteiger charge is -2.27. The van der Waals surface area contributed by atoms with Crippen molar-refractivity contribution in [2.24, 2.45) is 4.99 Å². The number of benzene rings is 1. The van der Waals surface area contributed by atoms with Crippen LogP contribution in [0.25, 0.3) is 10.9 Å². The number of aliphatic imine (C=N–C) groups is 1. The molecule has 0 atom stereocenters. The molecule has 3 N–H and O–H groups in total. The highest BCUT2D eigenvalue weighted by molar-refractivity contribution is 5.82. The number of ether oxygens (including phenoxy) is 1. The summed E-state index contributed by atoms with van der Waals surface area (Å²) in [4.78, 5) is 21.2. The van der Waals surface area contributed by atoms with Crippen molar-refractivity contribution in [3.63, 3.8) is 0 Å². The Labute approximate surface area is 179 Å². The van der Waals surface area contributed by atoms with Crippen LogP contribution in [0.3, 0.4) is 0 Å². The van der Waals surface area contributed by atoms with Crippen LogP contribution >= 0.6 is 0 Å². The third-order valence-electron chi connectivity index (χ3n) is 4.22. The minimum absolute atomic E-state index is 0.414. The Hall–Kier alpha value is -2.83. The van der Waals surface area contributed by atoms with E-state index in [2.05, 4.69) is 50.2 Å². The van der Waals surface area contributed by atoms with Gasteiger partial charge in [-0.3, -0.25) is 9.98 Å². The molecule has 7 nitrogen and oxygen atoms in total. The van der Waals surface area contributed by atoms with Crippen LogP contribution in [-0.4, -0.2) is 47.8 Å². The first-order chi connectivity index (χ1) is 14.1. The predicted octanol–water partition coefficient (Wildman–Crippen LogP) is 3.64. The van der Waals surface area contributed by atoms with Crippen LogP contribution in [0.5, 0.6) is 0 Å². The van der Waals surface area contributed by atoms with Crippen LogP contribution in [0, 0.1) is 0 Å². The van der Waals surface area contributed by atoms with Crippen molar-refractivity contribution in [2.75, 3.05) is 19.6 Å². The number of nitrogens with one attached hydrogen (secondary N) is 3. The minimum atomic E-state index is -0.537. The van der Waals surface area contributed by atoms with Crippen LogP contribution < -0.4 is 16.0 Å².